The summed E-state index contributed by atoms with van der Waals surface area (Å²) < 4.78 is 0. The van der Waals surface area contributed by atoms with Crippen molar-refractivity contribution >= 4 is 23.3 Å². The zero-order valence-corrected chi connectivity index (χ0v) is 14.7. The Hall–Kier alpha value is -2.47. The van der Waals surface area contributed by atoms with Gasteiger partial charge in [0.05, 0.1) is 0 Å². The van der Waals surface area contributed by atoms with E-state index in [1.165, 1.54) is 13.0 Å². The molecule has 0 aliphatic rings. The molecule has 0 fully saturated rings. The fourth-order valence-electron chi connectivity index (χ4n) is 1.97. The van der Waals surface area contributed by atoms with Gasteiger partial charge in [-0.1, -0.05) is 0 Å². The van der Waals surface area contributed by atoms with Crippen LogP contribution in [-0.2, 0) is 9.59 Å². The van der Waals surface area contributed by atoms with Crippen LogP contribution in [0.4, 0.5) is 5.69 Å². The van der Waals surface area contributed by atoms with Crippen molar-refractivity contribution in [2.75, 3.05) is 32.5 Å². The minimum Gasteiger partial charge on any atom is -0.352 e. The number of anilines is 1. The molecule has 1 aromatic rings. The first-order chi connectivity index (χ1) is 11.3. The molecule has 1 aromatic carbocycles. The lowest BCUT2D eigenvalue weighted by molar-refractivity contribution is -0.118. The smallest absolute Gasteiger partial charge is 0.248 e. The van der Waals surface area contributed by atoms with E-state index in [2.05, 4.69) is 10.6 Å². The number of amides is 2. The van der Waals surface area contributed by atoms with Gasteiger partial charge in [0.25, 0.3) is 0 Å². The Bertz CT molecular complexity index is 619. The Morgan fingerprint density at radius 1 is 1.08 bits per heavy atom. The van der Waals surface area contributed by atoms with Crippen LogP contribution < -0.4 is 10.6 Å². The van der Waals surface area contributed by atoms with E-state index in [1.807, 2.05) is 19.0 Å². The highest BCUT2D eigenvalue weighted by atomic mass is 16.2. The molecule has 0 unspecified atom stereocenters. The van der Waals surface area contributed by atoms with Crippen LogP contribution >= 0.6 is 0 Å². The number of hydrogen-bond acceptors (Lipinski definition) is 4. The molecule has 0 aliphatic heterocycles. The first-order valence-corrected chi connectivity index (χ1v) is 7.83. The summed E-state index contributed by atoms with van der Waals surface area (Å²) in [6, 6.07) is 6.59. The van der Waals surface area contributed by atoms with Crippen LogP contribution in [0.25, 0.3) is 0 Å². The first kappa shape index (κ1) is 19.6. The Morgan fingerprint density at radius 3 is 2.25 bits per heavy atom. The van der Waals surface area contributed by atoms with E-state index in [1.54, 1.807) is 31.2 Å². The lowest BCUT2D eigenvalue weighted by Crippen LogP contribution is -2.28. The van der Waals surface area contributed by atoms with Gasteiger partial charge >= 0.3 is 0 Å². The Kier molecular flexibility index (Phi) is 7.85. The van der Waals surface area contributed by atoms with Gasteiger partial charge in [-0.25, -0.2) is 0 Å². The van der Waals surface area contributed by atoms with Gasteiger partial charge in [0.15, 0.2) is 5.78 Å². The fraction of sp³-hybridized carbons (Fsp3) is 0.389. The van der Waals surface area contributed by atoms with E-state index in [0.29, 0.717) is 23.4 Å². The largest absolute Gasteiger partial charge is 0.352 e. The molecule has 0 saturated carbocycles. The molecule has 2 N–H and O–H groups in total. The summed E-state index contributed by atoms with van der Waals surface area (Å²) in [5, 5.41) is 5.44. The van der Waals surface area contributed by atoms with Crippen molar-refractivity contribution in [3.63, 3.8) is 0 Å². The summed E-state index contributed by atoms with van der Waals surface area (Å²) in [6.07, 6.45) is 2.11. The molecule has 0 spiro atoms. The number of Topliss-reactive ketones (excluding diaryl/α,β-unsaturated/α-hetero) is 1. The summed E-state index contributed by atoms with van der Waals surface area (Å²) in [4.78, 5) is 37.1. The molecular formula is C18H25N3O3. The van der Waals surface area contributed by atoms with Crippen LogP contribution in [0.2, 0.25) is 0 Å². The van der Waals surface area contributed by atoms with Crippen molar-refractivity contribution < 1.29 is 14.4 Å². The number of benzene rings is 1. The molecule has 0 saturated heterocycles. The minimum atomic E-state index is -0.383. The Morgan fingerprint density at radius 2 is 1.71 bits per heavy atom. The van der Waals surface area contributed by atoms with Crippen LogP contribution in [0, 0.1) is 0 Å². The molecule has 6 nitrogen and oxygen atoms in total. The SMILES string of the molecule is CC(=O)c1ccc(NC(=O)/C=C(/C)C(=O)NCCCN(C)C)cc1. The third-order valence-corrected chi connectivity index (χ3v) is 3.33. The van der Waals surface area contributed by atoms with E-state index in [-0.39, 0.29) is 17.6 Å². The number of nitrogens with zero attached hydrogens (tertiary/aromatic N) is 1. The molecule has 0 bridgehead atoms. The zero-order valence-electron chi connectivity index (χ0n) is 14.7. The number of nitrogens with one attached hydrogen (secondary N) is 2. The summed E-state index contributed by atoms with van der Waals surface area (Å²) in [6.45, 7) is 4.53. The molecule has 0 atom stereocenters. The summed E-state index contributed by atoms with van der Waals surface area (Å²) in [5.74, 6) is -0.670. The maximum Gasteiger partial charge on any atom is 0.248 e. The standard InChI is InChI=1S/C18H25N3O3/c1-13(18(24)19-10-5-11-21(3)4)12-17(23)20-16-8-6-15(7-9-16)14(2)22/h6-9,12H,5,10-11H2,1-4H3,(H,19,24)(H,20,23)/b13-12-. The van der Waals surface area contributed by atoms with Gasteiger partial charge in [0, 0.05) is 29.4 Å². The Labute approximate surface area is 142 Å². The van der Waals surface area contributed by atoms with Crippen LogP contribution in [0.5, 0.6) is 0 Å². The van der Waals surface area contributed by atoms with Crippen molar-refractivity contribution in [3.8, 4) is 0 Å². The van der Waals surface area contributed by atoms with Crippen molar-refractivity contribution in [2.24, 2.45) is 0 Å². The third-order valence-electron chi connectivity index (χ3n) is 3.33. The zero-order chi connectivity index (χ0) is 18.1. The number of rotatable bonds is 8. The molecule has 24 heavy (non-hydrogen) atoms. The lowest BCUT2D eigenvalue weighted by atomic mass is 10.1. The van der Waals surface area contributed by atoms with Crippen molar-refractivity contribution in [2.45, 2.75) is 20.3 Å². The predicted molar refractivity (Wildman–Crippen MR) is 95.0 cm³/mol. The number of hydrogen-bond donors (Lipinski definition) is 2. The highest BCUT2D eigenvalue weighted by Gasteiger charge is 2.07. The normalized spacial score (nSPS) is 11.3. The monoisotopic (exact) mass is 331 g/mol. The third kappa shape index (κ3) is 7.19. The molecule has 0 radical (unpaired) electrons. The summed E-state index contributed by atoms with van der Waals surface area (Å²) >= 11 is 0. The molecule has 130 valence electrons. The van der Waals surface area contributed by atoms with Gasteiger partial charge in [0.2, 0.25) is 11.8 Å². The van der Waals surface area contributed by atoms with E-state index in [4.69, 9.17) is 0 Å². The molecule has 0 aromatic heterocycles. The van der Waals surface area contributed by atoms with Gasteiger partial charge in [-0.2, -0.15) is 0 Å². The molecule has 2 amide bonds. The highest BCUT2D eigenvalue weighted by Crippen LogP contribution is 2.10. The van der Waals surface area contributed by atoms with E-state index in [0.717, 1.165) is 13.0 Å². The predicted octanol–water partition coefficient (Wildman–Crippen LogP) is 1.84. The number of ketones is 1. The molecule has 0 heterocycles. The van der Waals surface area contributed by atoms with Crippen LogP contribution in [-0.4, -0.2) is 49.7 Å². The van der Waals surface area contributed by atoms with Crippen LogP contribution in [0.1, 0.15) is 30.6 Å². The molecular weight excluding hydrogens is 306 g/mol. The van der Waals surface area contributed by atoms with E-state index >= 15 is 0 Å². The van der Waals surface area contributed by atoms with Crippen LogP contribution in [0.3, 0.4) is 0 Å². The maximum atomic E-state index is 11.9. The average Bonchev–Trinajstić information content (AvgIpc) is 2.51. The number of carbonyl (C=O) groups excluding carboxylic acids is 3. The van der Waals surface area contributed by atoms with E-state index in [9.17, 15) is 14.4 Å². The van der Waals surface area contributed by atoms with Gasteiger partial charge < -0.3 is 15.5 Å². The lowest BCUT2D eigenvalue weighted by Gasteiger charge is -2.10. The second-order valence-electron chi connectivity index (χ2n) is 5.86. The van der Waals surface area contributed by atoms with Crippen LogP contribution in [0.15, 0.2) is 35.9 Å². The quantitative estimate of drug-likeness (QED) is 0.433. The minimum absolute atomic E-state index is 0.0328. The van der Waals surface area contributed by atoms with Gasteiger partial charge in [0.1, 0.15) is 0 Å². The Balaban J connectivity index is 2.50. The van der Waals surface area contributed by atoms with Gasteiger partial charge in [-0.15, -0.1) is 0 Å². The van der Waals surface area contributed by atoms with Gasteiger partial charge in [-0.3, -0.25) is 14.4 Å². The van der Waals surface area contributed by atoms with Gasteiger partial charge in [-0.05, 0) is 65.2 Å². The van der Waals surface area contributed by atoms with Crippen molar-refractivity contribution in [1.82, 2.24) is 10.2 Å². The van der Waals surface area contributed by atoms with E-state index < -0.39 is 0 Å². The summed E-state index contributed by atoms with van der Waals surface area (Å²) in [7, 11) is 3.94. The fourth-order valence-corrected chi connectivity index (χ4v) is 1.97. The molecule has 6 heteroatoms. The topological polar surface area (TPSA) is 78.5 Å². The highest BCUT2D eigenvalue weighted by molar-refractivity contribution is 6.06. The second kappa shape index (κ2) is 9.62. The average molecular weight is 331 g/mol. The number of carbonyl (C=O) groups is 3. The maximum absolute atomic E-state index is 11.9. The molecule has 0 aliphatic carbocycles. The first-order valence-electron chi connectivity index (χ1n) is 7.83. The van der Waals surface area contributed by atoms with Crippen molar-refractivity contribution in [1.29, 1.82) is 0 Å². The summed E-state index contributed by atoms with van der Waals surface area (Å²) in [5.41, 5.74) is 1.50. The van der Waals surface area contributed by atoms with Crippen molar-refractivity contribution in [3.05, 3.63) is 41.5 Å². The second-order valence-corrected chi connectivity index (χ2v) is 5.86. The molecule has 1 rings (SSSR count).